The van der Waals surface area contributed by atoms with Crippen LogP contribution < -0.4 is 0 Å². The summed E-state index contributed by atoms with van der Waals surface area (Å²) >= 11 is 0. The number of ether oxygens (including phenoxy) is 1. The van der Waals surface area contributed by atoms with Crippen LogP contribution in [-0.2, 0) is 9.53 Å². The molecular weight excluding hydrogens is 152 g/mol. The van der Waals surface area contributed by atoms with Crippen molar-refractivity contribution < 1.29 is 9.53 Å². The van der Waals surface area contributed by atoms with E-state index in [1.165, 1.54) is 25.7 Å². The Bertz CT molecular complexity index is 188. The molecule has 2 nitrogen and oxygen atoms in total. The SMILES string of the molecule is CC(=O)C1(C2CCCC2)COC1. The fourth-order valence-corrected chi connectivity index (χ4v) is 2.53. The van der Waals surface area contributed by atoms with Gasteiger partial charge in [0, 0.05) is 0 Å². The molecule has 0 aromatic heterocycles. The molecule has 2 aliphatic rings. The third kappa shape index (κ3) is 1.01. The first-order valence-electron chi connectivity index (χ1n) is 4.84. The van der Waals surface area contributed by atoms with Crippen molar-refractivity contribution in [1.82, 2.24) is 0 Å². The van der Waals surface area contributed by atoms with Crippen LogP contribution >= 0.6 is 0 Å². The number of rotatable bonds is 2. The number of ketones is 1. The smallest absolute Gasteiger partial charge is 0.140 e. The molecule has 2 rings (SSSR count). The van der Waals surface area contributed by atoms with Gasteiger partial charge in [-0.15, -0.1) is 0 Å². The van der Waals surface area contributed by atoms with Gasteiger partial charge in [-0.1, -0.05) is 12.8 Å². The lowest BCUT2D eigenvalue weighted by molar-refractivity contribution is -0.169. The first-order valence-corrected chi connectivity index (χ1v) is 4.84. The molecular formula is C10H16O2. The number of hydrogen-bond donors (Lipinski definition) is 0. The fraction of sp³-hybridized carbons (Fsp3) is 0.900. The summed E-state index contributed by atoms with van der Waals surface area (Å²) in [4.78, 5) is 11.5. The van der Waals surface area contributed by atoms with E-state index in [2.05, 4.69) is 0 Å². The van der Waals surface area contributed by atoms with Crippen LogP contribution in [0.15, 0.2) is 0 Å². The lowest BCUT2D eigenvalue weighted by atomic mass is 9.70. The molecule has 0 atom stereocenters. The average molecular weight is 168 g/mol. The Morgan fingerprint density at radius 3 is 2.25 bits per heavy atom. The maximum absolute atomic E-state index is 11.5. The van der Waals surface area contributed by atoms with Crippen LogP contribution in [0.3, 0.4) is 0 Å². The Kier molecular flexibility index (Phi) is 1.95. The summed E-state index contributed by atoms with van der Waals surface area (Å²) < 4.78 is 5.19. The number of carbonyl (C=O) groups is 1. The second-order valence-electron chi connectivity index (χ2n) is 4.19. The molecule has 1 saturated carbocycles. The van der Waals surface area contributed by atoms with Crippen molar-refractivity contribution in [2.24, 2.45) is 11.3 Å². The van der Waals surface area contributed by atoms with Gasteiger partial charge in [0.05, 0.1) is 18.6 Å². The van der Waals surface area contributed by atoms with E-state index in [4.69, 9.17) is 4.74 Å². The van der Waals surface area contributed by atoms with Crippen LogP contribution in [0.5, 0.6) is 0 Å². The molecule has 1 saturated heterocycles. The predicted molar refractivity (Wildman–Crippen MR) is 45.9 cm³/mol. The van der Waals surface area contributed by atoms with Crippen LogP contribution in [-0.4, -0.2) is 19.0 Å². The second kappa shape index (κ2) is 2.84. The van der Waals surface area contributed by atoms with E-state index in [-0.39, 0.29) is 5.41 Å². The molecule has 2 heteroatoms. The monoisotopic (exact) mass is 168 g/mol. The van der Waals surface area contributed by atoms with E-state index >= 15 is 0 Å². The summed E-state index contributed by atoms with van der Waals surface area (Å²) in [5.41, 5.74) is -0.0590. The van der Waals surface area contributed by atoms with Gasteiger partial charge in [0.15, 0.2) is 0 Å². The molecule has 12 heavy (non-hydrogen) atoms. The molecule has 1 aliphatic heterocycles. The minimum absolute atomic E-state index is 0.0590. The summed E-state index contributed by atoms with van der Waals surface area (Å²) in [6.45, 7) is 3.10. The van der Waals surface area contributed by atoms with E-state index < -0.39 is 0 Å². The van der Waals surface area contributed by atoms with Crippen LogP contribution in [0.1, 0.15) is 32.6 Å². The summed E-state index contributed by atoms with van der Waals surface area (Å²) in [7, 11) is 0. The molecule has 0 bridgehead atoms. The number of Topliss-reactive ketones (excluding diaryl/α,β-unsaturated/α-hetero) is 1. The zero-order chi connectivity index (χ0) is 8.60. The first-order chi connectivity index (χ1) is 5.76. The van der Waals surface area contributed by atoms with Gasteiger partial charge >= 0.3 is 0 Å². The maximum atomic E-state index is 11.5. The Balaban J connectivity index is 2.10. The van der Waals surface area contributed by atoms with Gasteiger partial charge in [0.2, 0.25) is 0 Å². The minimum atomic E-state index is -0.0590. The van der Waals surface area contributed by atoms with E-state index in [1.54, 1.807) is 6.92 Å². The Morgan fingerprint density at radius 1 is 1.33 bits per heavy atom. The van der Waals surface area contributed by atoms with Crippen LogP contribution in [0.25, 0.3) is 0 Å². The normalized spacial score (nSPS) is 28.4. The van der Waals surface area contributed by atoms with Crippen molar-refractivity contribution in [2.75, 3.05) is 13.2 Å². The van der Waals surface area contributed by atoms with Crippen LogP contribution in [0, 0.1) is 11.3 Å². The maximum Gasteiger partial charge on any atom is 0.140 e. The van der Waals surface area contributed by atoms with Crippen LogP contribution in [0.4, 0.5) is 0 Å². The Morgan fingerprint density at radius 2 is 1.92 bits per heavy atom. The van der Waals surface area contributed by atoms with Crippen molar-refractivity contribution in [3.05, 3.63) is 0 Å². The van der Waals surface area contributed by atoms with Crippen LogP contribution in [0.2, 0.25) is 0 Å². The molecule has 0 spiro atoms. The summed E-state index contributed by atoms with van der Waals surface area (Å²) in [5.74, 6) is 0.976. The van der Waals surface area contributed by atoms with Gasteiger partial charge in [0.1, 0.15) is 5.78 Å². The van der Waals surface area contributed by atoms with Crippen molar-refractivity contribution >= 4 is 5.78 Å². The first kappa shape index (κ1) is 8.24. The van der Waals surface area contributed by atoms with E-state index in [1.807, 2.05) is 0 Å². The highest BCUT2D eigenvalue weighted by molar-refractivity contribution is 5.83. The molecule has 2 fully saturated rings. The van der Waals surface area contributed by atoms with Gasteiger partial charge < -0.3 is 4.74 Å². The molecule has 0 radical (unpaired) electrons. The summed E-state index contributed by atoms with van der Waals surface area (Å²) in [5, 5.41) is 0. The molecule has 0 aromatic rings. The molecule has 0 unspecified atom stereocenters. The van der Waals surface area contributed by atoms with Gasteiger partial charge in [-0.05, 0) is 25.7 Å². The highest BCUT2D eigenvalue weighted by atomic mass is 16.5. The predicted octanol–water partition coefficient (Wildman–Crippen LogP) is 1.78. The van der Waals surface area contributed by atoms with Gasteiger partial charge in [-0.2, -0.15) is 0 Å². The minimum Gasteiger partial charge on any atom is -0.379 e. The number of carbonyl (C=O) groups excluding carboxylic acids is 1. The molecule has 0 amide bonds. The van der Waals surface area contributed by atoms with E-state index in [0.717, 1.165) is 0 Å². The fourth-order valence-electron chi connectivity index (χ4n) is 2.53. The molecule has 1 heterocycles. The largest absolute Gasteiger partial charge is 0.379 e. The standard InChI is InChI=1S/C10H16O2/c1-8(11)10(6-12-7-10)9-4-2-3-5-9/h9H,2-7H2,1H3. The highest BCUT2D eigenvalue weighted by Gasteiger charge is 2.49. The van der Waals surface area contributed by atoms with E-state index in [9.17, 15) is 4.79 Å². The second-order valence-corrected chi connectivity index (χ2v) is 4.19. The van der Waals surface area contributed by atoms with Gasteiger partial charge in [0.25, 0.3) is 0 Å². The van der Waals surface area contributed by atoms with Crippen molar-refractivity contribution in [3.8, 4) is 0 Å². The summed E-state index contributed by atoms with van der Waals surface area (Å²) in [6, 6.07) is 0. The van der Waals surface area contributed by atoms with E-state index in [0.29, 0.717) is 24.9 Å². The number of hydrogen-bond acceptors (Lipinski definition) is 2. The quantitative estimate of drug-likeness (QED) is 0.628. The molecule has 0 N–H and O–H groups in total. The third-order valence-corrected chi connectivity index (χ3v) is 3.56. The van der Waals surface area contributed by atoms with Crippen molar-refractivity contribution in [2.45, 2.75) is 32.6 Å². The third-order valence-electron chi connectivity index (χ3n) is 3.56. The molecule has 68 valence electrons. The zero-order valence-electron chi connectivity index (χ0n) is 7.64. The lowest BCUT2D eigenvalue weighted by Gasteiger charge is -2.44. The van der Waals surface area contributed by atoms with Gasteiger partial charge in [-0.3, -0.25) is 4.79 Å². The highest BCUT2D eigenvalue weighted by Crippen LogP contribution is 2.45. The molecule has 1 aliphatic carbocycles. The van der Waals surface area contributed by atoms with Crippen molar-refractivity contribution in [3.63, 3.8) is 0 Å². The lowest BCUT2D eigenvalue weighted by Crippen LogP contribution is -2.52. The van der Waals surface area contributed by atoms with Crippen molar-refractivity contribution in [1.29, 1.82) is 0 Å². The Labute approximate surface area is 73.3 Å². The Hall–Kier alpha value is -0.370. The zero-order valence-corrected chi connectivity index (χ0v) is 7.64. The average Bonchev–Trinajstić information content (AvgIpc) is 2.35. The van der Waals surface area contributed by atoms with Gasteiger partial charge in [-0.25, -0.2) is 0 Å². The summed E-state index contributed by atoms with van der Waals surface area (Å²) in [6.07, 6.45) is 5.09. The molecule has 0 aromatic carbocycles. The topological polar surface area (TPSA) is 26.3 Å².